The average molecular weight is 281 g/mol. The molecular formula is C18H19NO2. The van der Waals surface area contributed by atoms with Crippen molar-refractivity contribution in [2.24, 2.45) is 0 Å². The Bertz CT molecular complexity index is 613. The second-order valence-electron chi connectivity index (χ2n) is 5.66. The van der Waals surface area contributed by atoms with Crippen molar-refractivity contribution in [1.29, 1.82) is 0 Å². The number of hydrogen-bond donors (Lipinski definition) is 2. The Morgan fingerprint density at radius 1 is 1.05 bits per heavy atom. The van der Waals surface area contributed by atoms with Crippen LogP contribution >= 0.6 is 0 Å². The van der Waals surface area contributed by atoms with Gasteiger partial charge in [0.05, 0.1) is 0 Å². The van der Waals surface area contributed by atoms with Gasteiger partial charge >= 0.3 is 5.97 Å². The topological polar surface area (TPSA) is 49.3 Å². The minimum atomic E-state index is -0.783. The molecule has 1 aliphatic heterocycles. The van der Waals surface area contributed by atoms with Gasteiger partial charge in [-0.25, -0.2) is 0 Å². The van der Waals surface area contributed by atoms with Gasteiger partial charge in [-0.1, -0.05) is 54.6 Å². The van der Waals surface area contributed by atoms with Crippen molar-refractivity contribution in [3.63, 3.8) is 0 Å². The molecule has 0 aromatic heterocycles. The molecule has 1 fully saturated rings. The molecule has 3 nitrogen and oxygen atoms in total. The van der Waals surface area contributed by atoms with Crippen molar-refractivity contribution in [3.8, 4) is 11.1 Å². The zero-order valence-electron chi connectivity index (χ0n) is 11.9. The van der Waals surface area contributed by atoms with Crippen LogP contribution in [0.4, 0.5) is 0 Å². The molecule has 0 radical (unpaired) electrons. The first-order valence-electron chi connectivity index (χ1n) is 7.32. The molecule has 1 heterocycles. The van der Waals surface area contributed by atoms with Crippen LogP contribution in [-0.2, 0) is 11.2 Å². The van der Waals surface area contributed by atoms with Gasteiger partial charge in [0.2, 0.25) is 0 Å². The molecule has 2 N–H and O–H groups in total. The lowest BCUT2D eigenvalue weighted by Crippen LogP contribution is -2.49. The van der Waals surface area contributed by atoms with Gasteiger partial charge in [-0.3, -0.25) is 4.79 Å². The summed E-state index contributed by atoms with van der Waals surface area (Å²) in [6.45, 7) is 0.786. The zero-order chi connectivity index (χ0) is 14.7. The van der Waals surface area contributed by atoms with E-state index in [-0.39, 0.29) is 0 Å². The molecule has 108 valence electrons. The highest BCUT2D eigenvalue weighted by atomic mass is 16.4. The summed E-state index contributed by atoms with van der Waals surface area (Å²) in [5.41, 5.74) is 2.61. The fourth-order valence-corrected chi connectivity index (χ4v) is 3.01. The van der Waals surface area contributed by atoms with E-state index in [2.05, 4.69) is 29.6 Å². The van der Waals surface area contributed by atoms with Crippen LogP contribution in [0.1, 0.15) is 18.4 Å². The van der Waals surface area contributed by atoms with Crippen LogP contribution in [0, 0.1) is 0 Å². The number of carboxylic acids is 1. The third-order valence-corrected chi connectivity index (χ3v) is 4.22. The van der Waals surface area contributed by atoms with Crippen molar-refractivity contribution in [2.45, 2.75) is 24.8 Å². The number of carboxylic acid groups (broad SMARTS) is 1. The van der Waals surface area contributed by atoms with Crippen molar-refractivity contribution in [1.82, 2.24) is 5.32 Å². The quantitative estimate of drug-likeness (QED) is 0.905. The number of rotatable bonds is 4. The number of benzene rings is 2. The number of aliphatic carboxylic acids is 1. The molecule has 1 aliphatic rings. The normalized spacial score (nSPS) is 21.3. The third-order valence-electron chi connectivity index (χ3n) is 4.22. The highest BCUT2D eigenvalue weighted by Gasteiger charge is 2.40. The zero-order valence-corrected chi connectivity index (χ0v) is 11.9. The van der Waals surface area contributed by atoms with Crippen molar-refractivity contribution in [3.05, 3.63) is 60.2 Å². The van der Waals surface area contributed by atoms with E-state index < -0.39 is 11.5 Å². The van der Waals surface area contributed by atoms with E-state index in [0.29, 0.717) is 12.8 Å². The first-order valence-corrected chi connectivity index (χ1v) is 7.32. The first kappa shape index (κ1) is 13.8. The second-order valence-corrected chi connectivity index (χ2v) is 5.66. The van der Waals surface area contributed by atoms with Crippen LogP contribution in [0.2, 0.25) is 0 Å². The van der Waals surface area contributed by atoms with Gasteiger partial charge in [-0.15, -0.1) is 0 Å². The Balaban J connectivity index is 1.80. The monoisotopic (exact) mass is 281 g/mol. The highest BCUT2D eigenvalue weighted by molar-refractivity contribution is 5.79. The predicted molar refractivity (Wildman–Crippen MR) is 83.2 cm³/mol. The van der Waals surface area contributed by atoms with Crippen LogP contribution in [0.25, 0.3) is 11.1 Å². The Hall–Kier alpha value is -2.13. The lowest BCUT2D eigenvalue weighted by atomic mass is 9.89. The van der Waals surface area contributed by atoms with E-state index >= 15 is 0 Å². The molecule has 2 aromatic carbocycles. The van der Waals surface area contributed by atoms with Gasteiger partial charge < -0.3 is 10.4 Å². The molecule has 0 bridgehead atoms. The van der Waals surface area contributed by atoms with E-state index in [0.717, 1.165) is 24.1 Å². The van der Waals surface area contributed by atoms with Crippen molar-refractivity contribution >= 4 is 5.97 Å². The number of carbonyl (C=O) groups is 1. The lowest BCUT2D eigenvalue weighted by Gasteiger charge is -2.24. The molecule has 1 atom stereocenters. The van der Waals surface area contributed by atoms with Gasteiger partial charge in [0.15, 0.2) is 0 Å². The molecule has 0 amide bonds. The predicted octanol–water partition coefficient (Wildman–Crippen LogP) is 3.10. The van der Waals surface area contributed by atoms with Gasteiger partial charge in [-0.2, -0.15) is 0 Å². The largest absolute Gasteiger partial charge is 0.480 e. The number of hydrogen-bond acceptors (Lipinski definition) is 2. The molecule has 3 heteroatoms. The Morgan fingerprint density at radius 3 is 2.29 bits per heavy atom. The Kier molecular flexibility index (Phi) is 3.76. The summed E-state index contributed by atoms with van der Waals surface area (Å²) in [5.74, 6) is -0.743. The van der Waals surface area contributed by atoms with E-state index in [1.807, 2.05) is 30.3 Å². The van der Waals surface area contributed by atoms with Gasteiger partial charge in [0.25, 0.3) is 0 Å². The van der Waals surface area contributed by atoms with Gasteiger partial charge in [-0.05, 0) is 36.1 Å². The summed E-state index contributed by atoms with van der Waals surface area (Å²) >= 11 is 0. The van der Waals surface area contributed by atoms with Crippen molar-refractivity contribution in [2.75, 3.05) is 6.54 Å². The minimum absolute atomic E-state index is 0.539. The minimum Gasteiger partial charge on any atom is -0.480 e. The maximum atomic E-state index is 11.6. The fourth-order valence-electron chi connectivity index (χ4n) is 3.01. The van der Waals surface area contributed by atoms with Gasteiger partial charge in [0.1, 0.15) is 5.54 Å². The molecule has 0 spiro atoms. The summed E-state index contributed by atoms with van der Waals surface area (Å²) in [6.07, 6.45) is 2.16. The van der Waals surface area contributed by atoms with Gasteiger partial charge in [0, 0.05) is 6.42 Å². The van der Waals surface area contributed by atoms with Crippen LogP contribution in [0.5, 0.6) is 0 Å². The summed E-state index contributed by atoms with van der Waals surface area (Å²) in [6, 6.07) is 18.4. The molecule has 0 unspecified atom stereocenters. The standard InChI is InChI=1S/C18H19NO2/c20-17(21)18(11-4-12-19-18)13-14-7-9-16(10-8-14)15-5-2-1-3-6-15/h1-3,5-10,19H,4,11-13H2,(H,20,21)/t18-/m1/s1. The fraction of sp³-hybridized carbons (Fsp3) is 0.278. The highest BCUT2D eigenvalue weighted by Crippen LogP contribution is 2.26. The van der Waals surface area contributed by atoms with E-state index in [1.54, 1.807) is 0 Å². The maximum absolute atomic E-state index is 11.6. The Morgan fingerprint density at radius 2 is 1.71 bits per heavy atom. The molecule has 3 rings (SSSR count). The van der Waals surface area contributed by atoms with Crippen molar-refractivity contribution < 1.29 is 9.90 Å². The van der Waals surface area contributed by atoms with Crippen LogP contribution < -0.4 is 5.32 Å². The lowest BCUT2D eigenvalue weighted by molar-refractivity contribution is -0.144. The third kappa shape index (κ3) is 2.83. The average Bonchev–Trinajstić information content (AvgIpc) is 2.99. The van der Waals surface area contributed by atoms with E-state index in [1.165, 1.54) is 5.56 Å². The summed E-state index contributed by atoms with van der Waals surface area (Å²) in [7, 11) is 0. The molecular weight excluding hydrogens is 262 g/mol. The molecule has 0 saturated carbocycles. The molecule has 0 aliphatic carbocycles. The summed E-state index contributed by atoms with van der Waals surface area (Å²) < 4.78 is 0. The Labute approximate surface area is 124 Å². The van der Waals surface area contributed by atoms with E-state index in [4.69, 9.17) is 0 Å². The van der Waals surface area contributed by atoms with Crippen LogP contribution in [0.3, 0.4) is 0 Å². The summed E-state index contributed by atoms with van der Waals surface area (Å²) in [4.78, 5) is 11.6. The summed E-state index contributed by atoms with van der Waals surface area (Å²) in [5, 5.41) is 12.7. The molecule has 1 saturated heterocycles. The second kappa shape index (κ2) is 5.70. The SMILES string of the molecule is O=C(O)[C@]1(Cc2ccc(-c3ccccc3)cc2)CCCN1. The molecule has 2 aromatic rings. The number of nitrogens with one attached hydrogen (secondary N) is 1. The smallest absolute Gasteiger partial charge is 0.324 e. The van der Waals surface area contributed by atoms with Crippen LogP contribution in [0.15, 0.2) is 54.6 Å². The van der Waals surface area contributed by atoms with Crippen LogP contribution in [-0.4, -0.2) is 23.2 Å². The molecule has 21 heavy (non-hydrogen) atoms. The maximum Gasteiger partial charge on any atom is 0.324 e. The van der Waals surface area contributed by atoms with E-state index in [9.17, 15) is 9.90 Å². The first-order chi connectivity index (χ1) is 10.2.